The number of halogens is 1. The lowest BCUT2D eigenvalue weighted by Gasteiger charge is -2.38. The van der Waals surface area contributed by atoms with Gasteiger partial charge in [-0.25, -0.2) is 0 Å². The lowest BCUT2D eigenvalue weighted by molar-refractivity contribution is -0.0817. The molecule has 0 bridgehead atoms. The molecule has 2 unspecified atom stereocenters. The fraction of sp³-hybridized carbons (Fsp3) is 0.650. The first-order valence-electron chi connectivity index (χ1n) is 9.44. The summed E-state index contributed by atoms with van der Waals surface area (Å²) < 4.78 is 12.9. The minimum atomic E-state index is 0.0108. The molecule has 1 aromatic rings. The third kappa shape index (κ3) is 4.78. The molecule has 0 spiro atoms. The number of rotatable bonds is 4. The second kappa shape index (κ2) is 8.72. The quantitative estimate of drug-likeness (QED) is 0.596. The minimum Gasteiger partial charge on any atom is -0.375 e. The van der Waals surface area contributed by atoms with E-state index in [2.05, 4.69) is 69.3 Å². The van der Waals surface area contributed by atoms with Gasteiger partial charge in [0.2, 0.25) is 0 Å². The van der Waals surface area contributed by atoms with Crippen molar-refractivity contribution in [1.29, 1.82) is 0 Å². The topological polar surface area (TPSA) is 46.1 Å². The van der Waals surface area contributed by atoms with E-state index in [0.717, 1.165) is 56.1 Å². The van der Waals surface area contributed by atoms with E-state index in [9.17, 15) is 0 Å². The summed E-state index contributed by atoms with van der Waals surface area (Å²) in [4.78, 5) is 6.81. The molecule has 0 saturated carbocycles. The normalized spacial score (nSPS) is 24.8. The monoisotopic (exact) mass is 423 g/mol. The molecule has 0 aliphatic carbocycles. The molecule has 2 saturated heterocycles. The van der Waals surface area contributed by atoms with Crippen LogP contribution in [0, 0.1) is 0 Å². The molecule has 2 aliphatic heterocycles. The number of hydrogen-bond acceptors (Lipinski definition) is 3. The Balaban J connectivity index is 1.59. The summed E-state index contributed by atoms with van der Waals surface area (Å²) in [6, 6.07) is 8.55. The van der Waals surface area contributed by atoms with Gasteiger partial charge in [0.1, 0.15) is 6.10 Å². The zero-order valence-corrected chi connectivity index (χ0v) is 17.6. The highest BCUT2D eigenvalue weighted by molar-refractivity contribution is 9.10. The van der Waals surface area contributed by atoms with E-state index in [0.29, 0.717) is 0 Å². The van der Waals surface area contributed by atoms with Crippen molar-refractivity contribution < 1.29 is 9.47 Å². The highest BCUT2D eigenvalue weighted by atomic mass is 79.9. The van der Waals surface area contributed by atoms with Gasteiger partial charge in [-0.3, -0.25) is 4.99 Å². The first-order valence-corrected chi connectivity index (χ1v) is 10.2. The Hall–Kier alpha value is -1.11. The summed E-state index contributed by atoms with van der Waals surface area (Å²) in [7, 11) is 1.85. The Kier molecular flexibility index (Phi) is 6.59. The number of aliphatic imine (C=N–C) groups is 1. The van der Waals surface area contributed by atoms with E-state index >= 15 is 0 Å². The average molecular weight is 424 g/mol. The Labute approximate surface area is 165 Å². The van der Waals surface area contributed by atoms with Gasteiger partial charge >= 0.3 is 0 Å². The molecule has 3 rings (SSSR count). The van der Waals surface area contributed by atoms with Crippen LogP contribution in [0.1, 0.15) is 32.3 Å². The number of morpholine rings is 1. The van der Waals surface area contributed by atoms with Crippen LogP contribution in [-0.2, 0) is 14.9 Å². The molecule has 2 heterocycles. The number of guanidine groups is 1. The van der Waals surface area contributed by atoms with Crippen LogP contribution in [0.4, 0.5) is 0 Å². The Morgan fingerprint density at radius 3 is 2.62 bits per heavy atom. The SMILES string of the molecule is CN=C(NCC(C)(C)c1ccc(Br)cc1)N1CCOC(C2CCCO2)C1. The first-order chi connectivity index (χ1) is 12.5. The maximum atomic E-state index is 5.96. The van der Waals surface area contributed by atoms with Crippen molar-refractivity contribution in [2.24, 2.45) is 4.99 Å². The highest BCUT2D eigenvalue weighted by Gasteiger charge is 2.32. The second-order valence-electron chi connectivity index (χ2n) is 7.70. The van der Waals surface area contributed by atoms with Crippen molar-refractivity contribution in [3.63, 3.8) is 0 Å². The third-order valence-electron chi connectivity index (χ3n) is 5.30. The predicted molar refractivity (Wildman–Crippen MR) is 109 cm³/mol. The summed E-state index contributed by atoms with van der Waals surface area (Å²) in [5.41, 5.74) is 1.32. The van der Waals surface area contributed by atoms with Crippen molar-refractivity contribution in [3.05, 3.63) is 34.3 Å². The molecular weight excluding hydrogens is 394 g/mol. The average Bonchev–Trinajstić information content (AvgIpc) is 3.17. The van der Waals surface area contributed by atoms with Gasteiger partial charge in [0.25, 0.3) is 0 Å². The number of nitrogens with one attached hydrogen (secondary N) is 1. The lowest BCUT2D eigenvalue weighted by Crippen LogP contribution is -2.54. The minimum absolute atomic E-state index is 0.0108. The van der Waals surface area contributed by atoms with E-state index in [1.165, 1.54) is 5.56 Å². The van der Waals surface area contributed by atoms with Crippen LogP contribution in [-0.4, -0.2) is 63.0 Å². The molecule has 2 aliphatic rings. The van der Waals surface area contributed by atoms with Crippen LogP contribution in [0.2, 0.25) is 0 Å². The second-order valence-corrected chi connectivity index (χ2v) is 8.61. The molecule has 2 fully saturated rings. The Morgan fingerprint density at radius 1 is 1.23 bits per heavy atom. The van der Waals surface area contributed by atoms with E-state index in [1.54, 1.807) is 0 Å². The molecule has 1 aromatic carbocycles. The molecule has 6 heteroatoms. The fourth-order valence-corrected chi connectivity index (χ4v) is 3.89. The van der Waals surface area contributed by atoms with Gasteiger partial charge in [0.05, 0.1) is 12.7 Å². The number of hydrogen-bond donors (Lipinski definition) is 1. The van der Waals surface area contributed by atoms with Gasteiger partial charge in [0.15, 0.2) is 5.96 Å². The van der Waals surface area contributed by atoms with Crippen molar-refractivity contribution in [2.45, 2.75) is 44.3 Å². The molecule has 5 nitrogen and oxygen atoms in total. The Bertz CT molecular complexity index is 612. The van der Waals surface area contributed by atoms with Crippen LogP contribution in [0.3, 0.4) is 0 Å². The molecular formula is C20H30BrN3O2. The standard InChI is InChI=1S/C20H30BrN3O2/c1-20(2,15-6-8-16(21)9-7-15)14-23-19(22-3)24-10-12-26-18(13-24)17-5-4-11-25-17/h6-9,17-18H,4-5,10-14H2,1-3H3,(H,22,23). The van der Waals surface area contributed by atoms with Crippen LogP contribution in [0.25, 0.3) is 0 Å². The van der Waals surface area contributed by atoms with E-state index < -0.39 is 0 Å². The third-order valence-corrected chi connectivity index (χ3v) is 5.83. The fourth-order valence-electron chi connectivity index (χ4n) is 3.62. The Morgan fingerprint density at radius 2 is 1.96 bits per heavy atom. The molecule has 1 N–H and O–H groups in total. The van der Waals surface area contributed by atoms with Crippen LogP contribution in [0.5, 0.6) is 0 Å². The lowest BCUT2D eigenvalue weighted by atomic mass is 9.85. The van der Waals surface area contributed by atoms with E-state index in [4.69, 9.17) is 9.47 Å². The molecule has 0 amide bonds. The van der Waals surface area contributed by atoms with Crippen molar-refractivity contribution in [2.75, 3.05) is 39.9 Å². The van der Waals surface area contributed by atoms with E-state index in [1.807, 2.05) is 7.05 Å². The molecule has 144 valence electrons. The molecule has 0 aromatic heterocycles. The van der Waals surface area contributed by atoms with Crippen LogP contribution in [0.15, 0.2) is 33.7 Å². The zero-order chi connectivity index (χ0) is 18.6. The number of nitrogens with zero attached hydrogens (tertiary/aromatic N) is 2. The van der Waals surface area contributed by atoms with Crippen LogP contribution < -0.4 is 5.32 Å². The summed E-state index contributed by atoms with van der Waals surface area (Å²) in [6.45, 7) is 8.62. The summed E-state index contributed by atoms with van der Waals surface area (Å²) in [5, 5.41) is 3.57. The van der Waals surface area contributed by atoms with E-state index in [-0.39, 0.29) is 17.6 Å². The summed E-state index contributed by atoms with van der Waals surface area (Å²) in [6.07, 6.45) is 2.61. The van der Waals surface area contributed by atoms with Gasteiger partial charge in [-0.1, -0.05) is 41.9 Å². The first kappa shape index (κ1) is 19.6. The maximum absolute atomic E-state index is 5.96. The largest absolute Gasteiger partial charge is 0.375 e. The van der Waals surface area contributed by atoms with Gasteiger partial charge < -0.3 is 19.7 Å². The number of benzene rings is 1. The van der Waals surface area contributed by atoms with Gasteiger partial charge in [-0.05, 0) is 30.5 Å². The van der Waals surface area contributed by atoms with Crippen molar-refractivity contribution in [3.8, 4) is 0 Å². The van der Waals surface area contributed by atoms with Crippen molar-refractivity contribution >= 4 is 21.9 Å². The summed E-state index contributed by atoms with van der Waals surface area (Å²) >= 11 is 3.51. The molecule has 2 atom stereocenters. The van der Waals surface area contributed by atoms with Gasteiger partial charge in [-0.2, -0.15) is 0 Å². The highest BCUT2D eigenvalue weighted by Crippen LogP contribution is 2.25. The smallest absolute Gasteiger partial charge is 0.193 e. The molecule has 26 heavy (non-hydrogen) atoms. The van der Waals surface area contributed by atoms with Gasteiger partial charge in [-0.15, -0.1) is 0 Å². The molecule has 0 radical (unpaired) electrons. The maximum Gasteiger partial charge on any atom is 0.193 e. The number of ether oxygens (including phenoxy) is 2. The van der Waals surface area contributed by atoms with Crippen molar-refractivity contribution in [1.82, 2.24) is 10.2 Å². The summed E-state index contributed by atoms with van der Waals surface area (Å²) in [5.74, 6) is 0.946. The van der Waals surface area contributed by atoms with Crippen LogP contribution >= 0.6 is 15.9 Å². The predicted octanol–water partition coefficient (Wildman–Crippen LogP) is 3.18. The zero-order valence-electron chi connectivity index (χ0n) is 16.0. The van der Waals surface area contributed by atoms with Gasteiger partial charge in [0, 0.05) is 43.2 Å².